The summed E-state index contributed by atoms with van der Waals surface area (Å²) in [5, 5.41) is 11.0. The fourth-order valence-electron chi connectivity index (χ4n) is 2.00. The molecule has 0 aliphatic carbocycles. The fourth-order valence-corrected chi connectivity index (χ4v) is 2.00. The molecule has 0 fully saturated rings. The molecular formula is C14H15F3O2. The van der Waals surface area contributed by atoms with Gasteiger partial charge in [-0.2, -0.15) is 13.2 Å². The number of halogens is 3. The van der Waals surface area contributed by atoms with Crippen LogP contribution in [0.25, 0.3) is 11.0 Å². The zero-order valence-corrected chi connectivity index (χ0v) is 10.5. The van der Waals surface area contributed by atoms with Crippen LogP contribution in [0.15, 0.2) is 34.7 Å². The molecule has 0 saturated carbocycles. The van der Waals surface area contributed by atoms with E-state index in [1.807, 2.05) is 12.1 Å². The van der Waals surface area contributed by atoms with Crippen LogP contribution in [0.3, 0.4) is 0 Å². The molecule has 0 bridgehead atoms. The maximum atomic E-state index is 12.1. The van der Waals surface area contributed by atoms with E-state index < -0.39 is 18.2 Å². The molecule has 104 valence electrons. The molecule has 0 amide bonds. The van der Waals surface area contributed by atoms with Gasteiger partial charge in [0.2, 0.25) is 0 Å². The van der Waals surface area contributed by atoms with Crippen molar-refractivity contribution in [1.29, 1.82) is 0 Å². The average molecular weight is 272 g/mol. The lowest BCUT2D eigenvalue weighted by Crippen LogP contribution is -2.21. The molecule has 0 spiro atoms. The largest absolute Gasteiger partial charge is 0.458 e. The molecule has 0 aliphatic rings. The first-order chi connectivity index (χ1) is 8.78. The van der Waals surface area contributed by atoms with E-state index in [1.165, 1.54) is 6.92 Å². The van der Waals surface area contributed by atoms with Gasteiger partial charge >= 0.3 is 6.18 Å². The predicted octanol–water partition coefficient (Wildman–Crippen LogP) is 4.37. The Bertz CT molecular complexity index is 522. The summed E-state index contributed by atoms with van der Waals surface area (Å²) in [5.74, 6) is 0.302. The highest BCUT2D eigenvalue weighted by atomic mass is 19.4. The van der Waals surface area contributed by atoms with E-state index in [-0.39, 0.29) is 12.8 Å². The molecule has 0 radical (unpaired) electrons. The number of furan rings is 1. The predicted molar refractivity (Wildman–Crippen MR) is 65.7 cm³/mol. The zero-order valence-electron chi connectivity index (χ0n) is 10.5. The molecule has 2 aromatic rings. The van der Waals surface area contributed by atoms with E-state index >= 15 is 0 Å². The maximum absolute atomic E-state index is 12.1. The van der Waals surface area contributed by atoms with E-state index in [1.54, 1.807) is 18.2 Å². The van der Waals surface area contributed by atoms with Crippen molar-refractivity contribution in [3.8, 4) is 0 Å². The highest BCUT2D eigenvalue weighted by Gasteiger charge is 2.31. The van der Waals surface area contributed by atoms with Gasteiger partial charge in [0.1, 0.15) is 16.9 Å². The second-order valence-corrected chi connectivity index (χ2v) is 4.89. The van der Waals surface area contributed by atoms with Crippen LogP contribution in [0.1, 0.15) is 31.9 Å². The van der Waals surface area contributed by atoms with Gasteiger partial charge < -0.3 is 9.52 Å². The third kappa shape index (κ3) is 3.50. The minimum Gasteiger partial charge on any atom is -0.458 e. The molecule has 5 heteroatoms. The minimum absolute atomic E-state index is 0.00628. The van der Waals surface area contributed by atoms with E-state index in [2.05, 4.69) is 0 Å². The summed E-state index contributed by atoms with van der Waals surface area (Å²) in [4.78, 5) is 0. The quantitative estimate of drug-likeness (QED) is 0.896. The Labute approximate surface area is 108 Å². The van der Waals surface area contributed by atoms with Crippen molar-refractivity contribution < 1.29 is 22.7 Å². The summed E-state index contributed by atoms with van der Waals surface area (Å²) in [6.45, 7) is 1.47. The van der Waals surface area contributed by atoms with Crippen LogP contribution < -0.4 is 0 Å². The normalized spacial score (nSPS) is 15.6. The first-order valence-corrected chi connectivity index (χ1v) is 6.06. The molecule has 0 aliphatic heterocycles. The Hall–Kier alpha value is -1.49. The number of para-hydroxylation sites is 1. The molecule has 2 rings (SSSR count). The van der Waals surface area contributed by atoms with E-state index in [0.29, 0.717) is 11.3 Å². The third-order valence-corrected chi connectivity index (χ3v) is 3.08. The lowest BCUT2D eigenvalue weighted by Gasteiger charge is -2.20. The molecule has 1 N–H and O–H groups in total. The molecule has 19 heavy (non-hydrogen) atoms. The molecular weight excluding hydrogens is 257 g/mol. The average Bonchev–Trinajstić information content (AvgIpc) is 2.71. The monoisotopic (exact) mass is 272 g/mol. The molecule has 1 aromatic carbocycles. The standard InChI is InChI=1S/C14H15F3O2/c1-13(18,7-4-8-14(15,16)17)12-9-10-5-2-3-6-11(10)19-12/h2-3,5-6,9,18H,4,7-8H2,1H3. The van der Waals surface area contributed by atoms with Crippen molar-refractivity contribution in [2.45, 2.75) is 38.0 Å². The number of alkyl halides is 3. The lowest BCUT2D eigenvalue weighted by atomic mass is 9.96. The molecule has 1 unspecified atom stereocenters. The lowest BCUT2D eigenvalue weighted by molar-refractivity contribution is -0.138. The van der Waals surface area contributed by atoms with Crippen LogP contribution in [0.5, 0.6) is 0 Å². The van der Waals surface area contributed by atoms with Gasteiger partial charge in [-0.25, -0.2) is 0 Å². The number of aliphatic hydroxyl groups is 1. The summed E-state index contributed by atoms with van der Waals surface area (Å²) in [6.07, 6.45) is -5.22. The van der Waals surface area contributed by atoms with Gasteiger partial charge in [0, 0.05) is 11.8 Å². The topological polar surface area (TPSA) is 33.4 Å². The Morgan fingerprint density at radius 1 is 1.16 bits per heavy atom. The smallest absolute Gasteiger partial charge is 0.389 e. The van der Waals surface area contributed by atoms with Crippen molar-refractivity contribution in [3.63, 3.8) is 0 Å². The Balaban J connectivity index is 2.10. The number of hydrogen-bond donors (Lipinski definition) is 1. The molecule has 1 aromatic heterocycles. The fraction of sp³-hybridized carbons (Fsp3) is 0.429. The number of hydrogen-bond acceptors (Lipinski definition) is 2. The van der Waals surface area contributed by atoms with Crippen molar-refractivity contribution in [1.82, 2.24) is 0 Å². The van der Waals surface area contributed by atoms with Crippen LogP contribution >= 0.6 is 0 Å². The van der Waals surface area contributed by atoms with Gasteiger partial charge in [-0.1, -0.05) is 18.2 Å². The number of rotatable bonds is 4. The number of fused-ring (bicyclic) bond motifs is 1. The Morgan fingerprint density at radius 3 is 2.47 bits per heavy atom. The third-order valence-electron chi connectivity index (χ3n) is 3.08. The summed E-state index contributed by atoms with van der Waals surface area (Å²) in [6, 6.07) is 8.88. The van der Waals surface area contributed by atoms with E-state index in [0.717, 1.165) is 5.39 Å². The second kappa shape index (κ2) is 4.89. The minimum atomic E-state index is -4.19. The van der Waals surface area contributed by atoms with Crippen LogP contribution in [-0.4, -0.2) is 11.3 Å². The maximum Gasteiger partial charge on any atom is 0.389 e. The molecule has 1 heterocycles. The number of benzene rings is 1. The summed E-state index contributed by atoms with van der Waals surface area (Å²) >= 11 is 0. The van der Waals surface area contributed by atoms with E-state index in [4.69, 9.17) is 4.42 Å². The zero-order chi connectivity index (χ0) is 14.1. The van der Waals surface area contributed by atoms with Gasteiger partial charge in [-0.3, -0.25) is 0 Å². The highest BCUT2D eigenvalue weighted by molar-refractivity contribution is 5.77. The van der Waals surface area contributed by atoms with Gasteiger partial charge in [0.15, 0.2) is 0 Å². The highest BCUT2D eigenvalue weighted by Crippen LogP contribution is 2.33. The van der Waals surface area contributed by atoms with Crippen molar-refractivity contribution in [2.24, 2.45) is 0 Å². The summed E-state index contributed by atoms with van der Waals surface area (Å²) in [5.41, 5.74) is -0.766. The Morgan fingerprint density at radius 2 is 1.84 bits per heavy atom. The SMILES string of the molecule is CC(O)(CCCC(F)(F)F)c1cc2ccccc2o1. The van der Waals surface area contributed by atoms with Crippen molar-refractivity contribution in [2.75, 3.05) is 0 Å². The van der Waals surface area contributed by atoms with Crippen LogP contribution in [0.4, 0.5) is 13.2 Å². The van der Waals surface area contributed by atoms with Gasteiger partial charge in [-0.05, 0) is 31.9 Å². The van der Waals surface area contributed by atoms with Crippen molar-refractivity contribution in [3.05, 3.63) is 36.1 Å². The molecule has 2 nitrogen and oxygen atoms in total. The summed E-state index contributed by atoms with van der Waals surface area (Å²) in [7, 11) is 0. The van der Waals surface area contributed by atoms with Crippen LogP contribution in [-0.2, 0) is 5.60 Å². The first kappa shape index (κ1) is 13.9. The second-order valence-electron chi connectivity index (χ2n) is 4.89. The van der Waals surface area contributed by atoms with Crippen LogP contribution in [0, 0.1) is 0 Å². The van der Waals surface area contributed by atoms with E-state index in [9.17, 15) is 18.3 Å². The summed E-state index contributed by atoms with van der Waals surface area (Å²) < 4.78 is 41.8. The van der Waals surface area contributed by atoms with Gasteiger partial charge in [0.25, 0.3) is 0 Å². The molecule has 1 atom stereocenters. The van der Waals surface area contributed by atoms with Crippen LogP contribution in [0.2, 0.25) is 0 Å². The molecule has 0 saturated heterocycles. The van der Waals surface area contributed by atoms with Gasteiger partial charge in [0.05, 0.1) is 0 Å². The van der Waals surface area contributed by atoms with Crippen molar-refractivity contribution >= 4 is 11.0 Å². The van der Waals surface area contributed by atoms with Gasteiger partial charge in [-0.15, -0.1) is 0 Å². The Kier molecular flexibility index (Phi) is 3.58. The first-order valence-electron chi connectivity index (χ1n) is 6.06.